The lowest BCUT2D eigenvalue weighted by Gasteiger charge is -2.13. The first-order valence-electron chi connectivity index (χ1n) is 4.36. The minimum Gasteiger partial charge on any atom is -0.497 e. The van der Waals surface area contributed by atoms with Gasteiger partial charge in [0.15, 0.2) is 6.61 Å². The molecule has 0 aliphatic carbocycles. The SMILES string of the molecule is COc1ccc2c(c1)OCC([N+](=O)[O-])=C2. The van der Waals surface area contributed by atoms with Crippen LogP contribution in [0.1, 0.15) is 5.56 Å². The molecule has 0 N–H and O–H groups in total. The Kier molecular flexibility index (Phi) is 2.29. The Morgan fingerprint density at radius 2 is 2.33 bits per heavy atom. The van der Waals surface area contributed by atoms with Crippen LogP contribution >= 0.6 is 0 Å². The van der Waals surface area contributed by atoms with E-state index in [4.69, 9.17) is 9.47 Å². The van der Waals surface area contributed by atoms with E-state index in [0.29, 0.717) is 17.1 Å². The predicted octanol–water partition coefficient (Wildman–Crippen LogP) is 1.71. The van der Waals surface area contributed by atoms with Crippen molar-refractivity contribution in [2.45, 2.75) is 0 Å². The van der Waals surface area contributed by atoms with Gasteiger partial charge in [0.05, 0.1) is 12.0 Å². The Bertz CT molecular complexity index is 439. The summed E-state index contributed by atoms with van der Waals surface area (Å²) in [5.74, 6) is 1.28. The van der Waals surface area contributed by atoms with E-state index >= 15 is 0 Å². The molecule has 0 spiro atoms. The van der Waals surface area contributed by atoms with E-state index in [1.54, 1.807) is 25.3 Å². The van der Waals surface area contributed by atoms with Crippen LogP contribution in [0, 0.1) is 10.1 Å². The summed E-state index contributed by atoms with van der Waals surface area (Å²) in [5, 5.41) is 10.5. The average Bonchev–Trinajstić information content (AvgIpc) is 2.27. The van der Waals surface area contributed by atoms with Crippen LogP contribution in [0.4, 0.5) is 0 Å². The molecule has 0 bridgehead atoms. The van der Waals surface area contributed by atoms with Gasteiger partial charge in [0.2, 0.25) is 0 Å². The lowest BCUT2D eigenvalue weighted by Crippen LogP contribution is -2.13. The van der Waals surface area contributed by atoms with Crippen LogP contribution < -0.4 is 9.47 Å². The Labute approximate surface area is 86.1 Å². The van der Waals surface area contributed by atoms with Gasteiger partial charge in [-0.3, -0.25) is 10.1 Å². The number of methoxy groups -OCH3 is 1. The molecule has 15 heavy (non-hydrogen) atoms. The van der Waals surface area contributed by atoms with Crippen LogP contribution in [0.3, 0.4) is 0 Å². The van der Waals surface area contributed by atoms with Crippen LogP contribution in [-0.2, 0) is 0 Å². The smallest absolute Gasteiger partial charge is 0.284 e. The van der Waals surface area contributed by atoms with Gasteiger partial charge in [-0.25, -0.2) is 0 Å². The summed E-state index contributed by atoms with van der Waals surface area (Å²) < 4.78 is 10.3. The standard InChI is InChI=1S/C10H9NO4/c1-14-9-3-2-7-4-8(11(12)13)6-15-10(7)5-9/h2-5H,6H2,1H3. The van der Waals surface area contributed by atoms with Crippen LogP contribution in [-0.4, -0.2) is 18.6 Å². The highest BCUT2D eigenvalue weighted by Gasteiger charge is 2.19. The molecule has 1 heterocycles. The largest absolute Gasteiger partial charge is 0.497 e. The molecule has 0 aromatic heterocycles. The second kappa shape index (κ2) is 3.61. The van der Waals surface area contributed by atoms with Gasteiger partial charge in [-0.1, -0.05) is 0 Å². The van der Waals surface area contributed by atoms with Crippen molar-refractivity contribution in [3.63, 3.8) is 0 Å². The summed E-state index contributed by atoms with van der Waals surface area (Å²) in [7, 11) is 1.56. The zero-order valence-corrected chi connectivity index (χ0v) is 8.10. The third kappa shape index (κ3) is 1.76. The summed E-state index contributed by atoms with van der Waals surface area (Å²) in [6.07, 6.45) is 1.51. The van der Waals surface area contributed by atoms with Crippen molar-refractivity contribution in [1.29, 1.82) is 0 Å². The molecule has 0 saturated carbocycles. The zero-order valence-electron chi connectivity index (χ0n) is 8.10. The Morgan fingerprint density at radius 3 is 3.00 bits per heavy atom. The van der Waals surface area contributed by atoms with Gasteiger partial charge in [0, 0.05) is 17.7 Å². The van der Waals surface area contributed by atoms with Crippen molar-refractivity contribution in [3.05, 3.63) is 39.6 Å². The average molecular weight is 207 g/mol. The molecule has 1 aliphatic rings. The zero-order chi connectivity index (χ0) is 10.8. The molecule has 5 heteroatoms. The van der Waals surface area contributed by atoms with Crippen LogP contribution in [0.15, 0.2) is 23.9 Å². The molecule has 1 aromatic rings. The van der Waals surface area contributed by atoms with Gasteiger partial charge in [0.1, 0.15) is 11.5 Å². The normalized spacial score (nSPS) is 13.5. The fourth-order valence-electron chi connectivity index (χ4n) is 1.36. The summed E-state index contributed by atoms with van der Waals surface area (Å²) in [5.41, 5.74) is 0.765. The van der Waals surface area contributed by atoms with Crippen molar-refractivity contribution >= 4 is 6.08 Å². The van der Waals surface area contributed by atoms with Gasteiger partial charge >= 0.3 is 0 Å². The first-order valence-corrected chi connectivity index (χ1v) is 4.36. The maximum Gasteiger partial charge on any atom is 0.284 e. The fourth-order valence-corrected chi connectivity index (χ4v) is 1.36. The maximum atomic E-state index is 10.5. The van der Waals surface area contributed by atoms with E-state index in [1.807, 2.05) is 0 Å². The van der Waals surface area contributed by atoms with Crippen molar-refractivity contribution in [3.8, 4) is 11.5 Å². The molecule has 5 nitrogen and oxygen atoms in total. The minimum absolute atomic E-state index is 0.00678. The number of rotatable bonds is 2. The summed E-state index contributed by atoms with van der Waals surface area (Å²) >= 11 is 0. The van der Waals surface area contributed by atoms with Crippen molar-refractivity contribution in [2.24, 2.45) is 0 Å². The van der Waals surface area contributed by atoms with Crippen molar-refractivity contribution in [1.82, 2.24) is 0 Å². The van der Waals surface area contributed by atoms with E-state index in [-0.39, 0.29) is 12.3 Å². The van der Waals surface area contributed by atoms with Crippen LogP contribution in [0.5, 0.6) is 11.5 Å². The molecule has 0 atom stereocenters. The molecule has 78 valence electrons. The number of nitro groups is 1. The third-order valence-corrected chi connectivity index (χ3v) is 2.15. The Balaban J connectivity index is 2.40. The van der Waals surface area contributed by atoms with E-state index in [1.165, 1.54) is 6.08 Å². The third-order valence-electron chi connectivity index (χ3n) is 2.15. The summed E-state index contributed by atoms with van der Waals surface area (Å²) in [4.78, 5) is 10.1. The maximum absolute atomic E-state index is 10.5. The first-order chi connectivity index (χ1) is 7.20. The van der Waals surface area contributed by atoms with Crippen LogP contribution in [0.2, 0.25) is 0 Å². The highest BCUT2D eigenvalue weighted by Crippen LogP contribution is 2.30. The van der Waals surface area contributed by atoms with Crippen molar-refractivity contribution in [2.75, 3.05) is 13.7 Å². The number of nitrogens with zero attached hydrogens (tertiary/aromatic N) is 1. The highest BCUT2D eigenvalue weighted by atomic mass is 16.6. The van der Waals surface area contributed by atoms with E-state index in [9.17, 15) is 10.1 Å². The monoisotopic (exact) mass is 207 g/mol. The van der Waals surface area contributed by atoms with Crippen molar-refractivity contribution < 1.29 is 14.4 Å². The second-order valence-electron chi connectivity index (χ2n) is 3.09. The number of fused-ring (bicyclic) bond motifs is 1. The highest BCUT2D eigenvalue weighted by molar-refractivity contribution is 5.62. The topological polar surface area (TPSA) is 61.6 Å². The van der Waals surface area contributed by atoms with Crippen LogP contribution in [0.25, 0.3) is 6.08 Å². The molecule has 1 aliphatic heterocycles. The van der Waals surface area contributed by atoms with Gasteiger partial charge in [-0.2, -0.15) is 0 Å². The van der Waals surface area contributed by atoms with E-state index in [0.717, 1.165) is 0 Å². The molecule has 1 aromatic carbocycles. The number of hydrogen-bond acceptors (Lipinski definition) is 4. The van der Waals surface area contributed by atoms with E-state index in [2.05, 4.69) is 0 Å². The van der Waals surface area contributed by atoms with Gasteiger partial charge in [-0.15, -0.1) is 0 Å². The van der Waals surface area contributed by atoms with Gasteiger partial charge in [0.25, 0.3) is 5.70 Å². The molecule has 0 amide bonds. The molecule has 0 fully saturated rings. The summed E-state index contributed by atoms with van der Waals surface area (Å²) in [6, 6.07) is 5.18. The van der Waals surface area contributed by atoms with Gasteiger partial charge < -0.3 is 9.47 Å². The molecule has 0 saturated heterocycles. The minimum atomic E-state index is -0.437. The molecule has 0 radical (unpaired) electrons. The number of hydrogen-bond donors (Lipinski definition) is 0. The number of benzene rings is 1. The second-order valence-corrected chi connectivity index (χ2v) is 3.09. The Morgan fingerprint density at radius 1 is 1.53 bits per heavy atom. The Hall–Kier alpha value is -2.04. The van der Waals surface area contributed by atoms with E-state index < -0.39 is 4.92 Å². The first kappa shape index (κ1) is 9.51. The molecular weight excluding hydrogens is 198 g/mol. The quantitative estimate of drug-likeness (QED) is 0.547. The van der Waals surface area contributed by atoms with Gasteiger partial charge in [-0.05, 0) is 12.1 Å². The predicted molar refractivity (Wildman–Crippen MR) is 53.5 cm³/mol. The molecule has 2 rings (SSSR count). The molecule has 0 unspecified atom stereocenters. The number of ether oxygens (including phenoxy) is 2. The lowest BCUT2D eigenvalue weighted by molar-refractivity contribution is -0.427. The molecular formula is C10H9NO4. The summed E-state index contributed by atoms with van der Waals surface area (Å²) in [6.45, 7) is -0.00678. The lowest BCUT2D eigenvalue weighted by atomic mass is 10.1. The fraction of sp³-hybridized carbons (Fsp3) is 0.200.